The predicted molar refractivity (Wildman–Crippen MR) is 135 cm³/mol. The van der Waals surface area contributed by atoms with Crippen molar-refractivity contribution in [2.45, 2.75) is 45.9 Å². The number of ether oxygens (including phenoxy) is 1. The molecular weight excluding hydrogens is 464 g/mol. The van der Waals surface area contributed by atoms with Crippen molar-refractivity contribution >= 4 is 23.5 Å². The fourth-order valence-electron chi connectivity index (χ4n) is 4.41. The second-order valence-corrected chi connectivity index (χ2v) is 10.0. The topological polar surface area (TPSA) is 87.6 Å². The van der Waals surface area contributed by atoms with Crippen LogP contribution < -0.4 is 15.0 Å². The Kier molecular flexibility index (Phi) is 6.62. The van der Waals surface area contributed by atoms with Crippen molar-refractivity contribution in [2.75, 3.05) is 18.0 Å². The lowest BCUT2D eigenvalue weighted by Crippen LogP contribution is -2.26. The van der Waals surface area contributed by atoms with Gasteiger partial charge in [-0.25, -0.2) is 4.98 Å². The first-order chi connectivity index (χ1) is 16.9. The van der Waals surface area contributed by atoms with Gasteiger partial charge in [-0.3, -0.25) is 4.79 Å². The number of carbonyl (C=O) groups is 1. The number of hydrogen-bond donors (Lipinski definition) is 2. The summed E-state index contributed by atoms with van der Waals surface area (Å²) in [4.78, 5) is 24.4. The number of aryl methyl sites for hydroxylation is 1. The Labute approximate surface area is 210 Å². The highest BCUT2D eigenvalue weighted by molar-refractivity contribution is 6.31. The van der Waals surface area contributed by atoms with Crippen LogP contribution in [0.5, 0.6) is 5.88 Å². The minimum Gasteiger partial charge on any atom is -0.472 e. The molecule has 1 saturated carbocycles. The molecular formula is C27H29ClN4O3. The number of aliphatic hydroxyl groups is 1. The van der Waals surface area contributed by atoms with Crippen LogP contribution in [-0.4, -0.2) is 34.1 Å². The van der Waals surface area contributed by atoms with Crippen LogP contribution in [0.15, 0.2) is 48.7 Å². The second kappa shape index (κ2) is 9.84. The number of halogens is 1. The van der Waals surface area contributed by atoms with Crippen molar-refractivity contribution in [3.63, 3.8) is 0 Å². The molecule has 2 aliphatic rings. The van der Waals surface area contributed by atoms with E-state index in [0.29, 0.717) is 34.1 Å². The molecule has 3 aromatic rings. The molecule has 1 amide bonds. The first-order valence-corrected chi connectivity index (χ1v) is 12.3. The quantitative estimate of drug-likeness (QED) is 0.483. The fraction of sp³-hybridized carbons (Fsp3) is 0.370. The summed E-state index contributed by atoms with van der Waals surface area (Å²) in [6.07, 6.45) is 5.23. The number of hydrogen-bond acceptors (Lipinski definition) is 6. The Balaban J connectivity index is 1.35. The van der Waals surface area contributed by atoms with Crippen LogP contribution in [0.25, 0.3) is 0 Å². The van der Waals surface area contributed by atoms with Gasteiger partial charge in [0.1, 0.15) is 12.2 Å². The zero-order valence-corrected chi connectivity index (χ0v) is 20.5. The Morgan fingerprint density at radius 1 is 1.17 bits per heavy atom. The maximum Gasteiger partial charge on any atom is 0.258 e. The lowest BCUT2D eigenvalue weighted by atomic mass is 10.1. The maximum absolute atomic E-state index is 13.1. The van der Waals surface area contributed by atoms with Crippen LogP contribution >= 0.6 is 11.6 Å². The highest BCUT2D eigenvalue weighted by atomic mass is 35.5. The number of nitrogens with one attached hydrogen (secondary N) is 1. The van der Waals surface area contributed by atoms with Crippen LogP contribution in [0.2, 0.25) is 5.02 Å². The molecule has 5 rings (SSSR count). The standard InChI is InChI=1S/C27H29ClN4O3/c1-18-2-4-19(5-3-18)13-29-24(34)22-14-30-26(32-11-10-27(17-32)8-9-27)31-25(22)35-16-20-6-7-21(15-33)23(28)12-20/h2-7,12,14,33H,8-11,13,15-17H2,1H3,(H,29,34). The summed E-state index contributed by atoms with van der Waals surface area (Å²) in [6.45, 7) is 4.34. The van der Waals surface area contributed by atoms with Crippen molar-refractivity contribution in [1.82, 2.24) is 15.3 Å². The van der Waals surface area contributed by atoms with Gasteiger partial charge in [-0.2, -0.15) is 4.98 Å². The summed E-state index contributed by atoms with van der Waals surface area (Å²) in [6, 6.07) is 13.4. The molecule has 1 saturated heterocycles. The first-order valence-electron chi connectivity index (χ1n) is 11.9. The van der Waals surface area contributed by atoms with Gasteiger partial charge in [0.15, 0.2) is 0 Å². The molecule has 2 aromatic carbocycles. The molecule has 0 bridgehead atoms. The van der Waals surface area contributed by atoms with Crippen LogP contribution in [-0.2, 0) is 19.8 Å². The number of rotatable bonds is 8. The lowest BCUT2D eigenvalue weighted by Gasteiger charge is -2.18. The molecule has 2 N–H and O–H groups in total. The molecule has 0 radical (unpaired) electrons. The van der Waals surface area contributed by atoms with E-state index >= 15 is 0 Å². The van der Waals surface area contributed by atoms with Crippen LogP contribution in [0.4, 0.5) is 5.95 Å². The van der Waals surface area contributed by atoms with Gasteiger partial charge < -0.3 is 20.1 Å². The van der Waals surface area contributed by atoms with Gasteiger partial charge in [0.2, 0.25) is 11.8 Å². The third-order valence-electron chi connectivity index (χ3n) is 6.90. The van der Waals surface area contributed by atoms with E-state index in [-0.39, 0.29) is 25.0 Å². The Morgan fingerprint density at radius 2 is 1.94 bits per heavy atom. The molecule has 0 atom stereocenters. The van der Waals surface area contributed by atoms with Crippen LogP contribution in [0, 0.1) is 12.3 Å². The van der Waals surface area contributed by atoms with E-state index < -0.39 is 0 Å². The monoisotopic (exact) mass is 492 g/mol. The van der Waals surface area contributed by atoms with Gasteiger partial charge in [-0.1, -0.05) is 53.6 Å². The zero-order valence-electron chi connectivity index (χ0n) is 19.8. The molecule has 1 aromatic heterocycles. The summed E-state index contributed by atoms with van der Waals surface area (Å²) >= 11 is 6.23. The zero-order chi connectivity index (χ0) is 24.4. The highest BCUT2D eigenvalue weighted by Gasteiger charge is 2.48. The Hall–Kier alpha value is -3.16. The largest absolute Gasteiger partial charge is 0.472 e. The molecule has 0 unspecified atom stereocenters. The van der Waals surface area contributed by atoms with Gasteiger partial charge >= 0.3 is 0 Å². The number of benzene rings is 2. The van der Waals surface area contributed by atoms with E-state index in [9.17, 15) is 9.90 Å². The van der Waals surface area contributed by atoms with E-state index in [4.69, 9.17) is 16.3 Å². The van der Waals surface area contributed by atoms with E-state index in [1.54, 1.807) is 18.3 Å². The average molecular weight is 493 g/mol. The minimum atomic E-state index is -0.291. The Morgan fingerprint density at radius 3 is 2.63 bits per heavy atom. The smallest absolute Gasteiger partial charge is 0.258 e. The summed E-state index contributed by atoms with van der Waals surface area (Å²) < 4.78 is 6.05. The van der Waals surface area contributed by atoms with Gasteiger partial charge in [0.25, 0.3) is 5.91 Å². The number of aliphatic hydroxyl groups excluding tert-OH is 1. The van der Waals surface area contributed by atoms with Gasteiger partial charge in [0, 0.05) is 30.9 Å². The van der Waals surface area contributed by atoms with Crippen molar-refractivity contribution in [3.05, 3.63) is 81.5 Å². The average Bonchev–Trinajstić information content (AvgIpc) is 3.50. The van der Waals surface area contributed by atoms with E-state index in [2.05, 4.69) is 20.2 Å². The van der Waals surface area contributed by atoms with E-state index in [1.807, 2.05) is 37.3 Å². The summed E-state index contributed by atoms with van der Waals surface area (Å²) in [5.41, 5.74) is 4.37. The fourth-order valence-corrected chi connectivity index (χ4v) is 4.67. The van der Waals surface area contributed by atoms with Crippen molar-refractivity contribution in [3.8, 4) is 5.88 Å². The predicted octanol–water partition coefficient (Wildman–Crippen LogP) is 4.43. The molecule has 182 valence electrons. The molecule has 2 fully saturated rings. The van der Waals surface area contributed by atoms with Crippen LogP contribution in [0.3, 0.4) is 0 Å². The van der Waals surface area contributed by atoms with Crippen molar-refractivity contribution in [1.29, 1.82) is 0 Å². The number of aromatic nitrogens is 2. The number of carbonyl (C=O) groups excluding carboxylic acids is 1. The Bertz CT molecular complexity index is 1230. The van der Waals surface area contributed by atoms with Gasteiger partial charge in [0.05, 0.1) is 6.61 Å². The second-order valence-electron chi connectivity index (χ2n) is 9.60. The van der Waals surface area contributed by atoms with Crippen LogP contribution in [0.1, 0.15) is 51.9 Å². The third-order valence-corrected chi connectivity index (χ3v) is 7.25. The molecule has 8 heteroatoms. The molecule has 1 spiro atoms. The normalized spacial score (nSPS) is 15.9. The highest BCUT2D eigenvalue weighted by Crippen LogP contribution is 2.53. The van der Waals surface area contributed by atoms with Crippen molar-refractivity contribution < 1.29 is 14.6 Å². The first kappa shape index (κ1) is 23.6. The van der Waals surface area contributed by atoms with Crippen molar-refractivity contribution in [2.24, 2.45) is 5.41 Å². The SMILES string of the molecule is Cc1ccc(CNC(=O)c2cnc(N3CCC4(CC4)C3)nc2OCc2ccc(CO)c(Cl)c2)cc1. The van der Waals surface area contributed by atoms with Gasteiger partial charge in [-0.05, 0) is 54.4 Å². The molecule has 7 nitrogen and oxygen atoms in total. The summed E-state index contributed by atoms with van der Waals surface area (Å²) in [5.74, 6) is 0.545. The van der Waals surface area contributed by atoms with E-state index in [1.165, 1.54) is 18.4 Å². The number of anilines is 1. The number of nitrogens with zero attached hydrogens (tertiary/aromatic N) is 3. The summed E-state index contributed by atoms with van der Waals surface area (Å²) in [7, 11) is 0. The summed E-state index contributed by atoms with van der Waals surface area (Å²) in [5, 5.41) is 12.8. The molecule has 2 heterocycles. The molecule has 1 aliphatic heterocycles. The molecule has 1 aliphatic carbocycles. The minimum absolute atomic E-state index is 0.127. The number of amides is 1. The maximum atomic E-state index is 13.1. The third kappa shape index (κ3) is 5.41. The van der Waals surface area contributed by atoms with Gasteiger partial charge in [-0.15, -0.1) is 0 Å². The molecule has 35 heavy (non-hydrogen) atoms. The van der Waals surface area contributed by atoms with E-state index in [0.717, 1.165) is 30.6 Å². The lowest BCUT2D eigenvalue weighted by molar-refractivity contribution is 0.0945.